The molecule has 0 aliphatic carbocycles. The van der Waals surface area contributed by atoms with Crippen LogP contribution in [0.2, 0.25) is 0 Å². The number of hydrogen-bond donors (Lipinski definition) is 1. The molecule has 4 aromatic rings. The van der Waals surface area contributed by atoms with Gasteiger partial charge in [0.1, 0.15) is 11.8 Å². The standard InChI is InChI=1S/C31H24N4O8S2/c1-2-43-30(39)18-8-10-19(11-9-18)32-22(36)16-33-29-26(45-31(33)40)23(17-6-4-3-5-7-17)24-25(44-29)28(38)34(27(24)37)20-12-14-21(15-13-20)35(41)42/h3-15,23-25H,2,16H2,1H3,(H,32,36). The molecule has 1 N–H and O–H groups in total. The third-order valence-electron chi connectivity index (χ3n) is 7.51. The summed E-state index contributed by atoms with van der Waals surface area (Å²) in [4.78, 5) is 77.9. The number of carbonyl (C=O) groups is 4. The molecule has 3 amide bonds. The van der Waals surface area contributed by atoms with E-state index in [0.29, 0.717) is 21.2 Å². The molecule has 0 bridgehead atoms. The van der Waals surface area contributed by atoms with Gasteiger partial charge in [0.05, 0.1) is 33.7 Å². The first-order valence-corrected chi connectivity index (χ1v) is 15.5. The number of imide groups is 1. The number of thioether (sulfide) groups is 1. The van der Waals surface area contributed by atoms with E-state index in [2.05, 4.69) is 5.32 Å². The fraction of sp³-hybridized carbons (Fsp3) is 0.194. The lowest BCUT2D eigenvalue weighted by Crippen LogP contribution is -2.33. The fourth-order valence-electron chi connectivity index (χ4n) is 5.50. The number of amides is 3. The molecule has 0 radical (unpaired) electrons. The number of non-ortho nitro benzene ring substituents is 1. The quantitative estimate of drug-likeness (QED) is 0.127. The van der Waals surface area contributed by atoms with Crippen molar-refractivity contribution in [3.63, 3.8) is 0 Å². The molecule has 45 heavy (non-hydrogen) atoms. The summed E-state index contributed by atoms with van der Waals surface area (Å²) in [6.45, 7) is 1.59. The van der Waals surface area contributed by atoms with Crippen LogP contribution in [0.15, 0.2) is 88.7 Å². The van der Waals surface area contributed by atoms with Crippen molar-refractivity contribution in [1.29, 1.82) is 0 Å². The number of nitrogens with one attached hydrogen (secondary N) is 1. The average Bonchev–Trinajstić information content (AvgIpc) is 3.48. The Morgan fingerprint density at radius 1 is 0.956 bits per heavy atom. The van der Waals surface area contributed by atoms with E-state index in [4.69, 9.17) is 4.74 Å². The first kappa shape index (κ1) is 30.0. The summed E-state index contributed by atoms with van der Waals surface area (Å²) in [6.07, 6.45) is 0. The summed E-state index contributed by atoms with van der Waals surface area (Å²) in [6, 6.07) is 20.4. The maximum Gasteiger partial charge on any atom is 0.338 e. The van der Waals surface area contributed by atoms with Crippen LogP contribution in [0.25, 0.3) is 0 Å². The zero-order valence-electron chi connectivity index (χ0n) is 23.6. The van der Waals surface area contributed by atoms with Gasteiger partial charge in [-0.15, -0.1) is 0 Å². The molecule has 2 aliphatic rings. The zero-order valence-corrected chi connectivity index (χ0v) is 25.2. The Labute approximate surface area is 263 Å². The van der Waals surface area contributed by atoms with Gasteiger partial charge in [0.15, 0.2) is 0 Å². The molecule has 3 unspecified atom stereocenters. The molecule has 3 atom stereocenters. The molecular formula is C31H24N4O8S2. The van der Waals surface area contributed by atoms with Gasteiger partial charge < -0.3 is 10.1 Å². The van der Waals surface area contributed by atoms with E-state index in [1.54, 1.807) is 19.1 Å². The van der Waals surface area contributed by atoms with Gasteiger partial charge in [-0.25, -0.2) is 9.69 Å². The van der Waals surface area contributed by atoms with Crippen molar-refractivity contribution in [2.24, 2.45) is 5.92 Å². The SMILES string of the molecule is CCOC(=O)c1ccc(NC(=O)Cn2c3c(sc2=O)C(c2ccccc2)C2C(=O)N(c4ccc([N+](=O)[O-])cc4)C(=O)C2S3)cc1. The van der Waals surface area contributed by atoms with Crippen LogP contribution in [0.1, 0.15) is 33.6 Å². The second-order valence-corrected chi connectivity index (χ2v) is 12.3. The number of anilines is 2. The Bertz CT molecular complexity index is 1890. The number of esters is 1. The fourth-order valence-corrected chi connectivity index (χ4v) is 8.27. The van der Waals surface area contributed by atoms with Crippen molar-refractivity contribution in [1.82, 2.24) is 4.57 Å². The third kappa shape index (κ3) is 5.53. The highest BCUT2D eigenvalue weighted by Gasteiger charge is 2.56. The molecule has 6 rings (SSSR count). The molecule has 1 fully saturated rings. The largest absolute Gasteiger partial charge is 0.462 e. The Kier molecular flexibility index (Phi) is 8.08. The van der Waals surface area contributed by atoms with Crippen LogP contribution < -0.4 is 15.1 Å². The number of hydrogen-bond acceptors (Lipinski definition) is 10. The van der Waals surface area contributed by atoms with E-state index in [0.717, 1.165) is 33.6 Å². The van der Waals surface area contributed by atoms with Gasteiger partial charge in [0.2, 0.25) is 17.7 Å². The molecule has 3 aromatic carbocycles. The van der Waals surface area contributed by atoms with Crippen LogP contribution in [-0.4, -0.2) is 45.0 Å². The summed E-state index contributed by atoms with van der Waals surface area (Å²) in [5.41, 5.74) is 1.52. The lowest BCUT2D eigenvalue weighted by atomic mass is 9.83. The Balaban J connectivity index is 1.31. The summed E-state index contributed by atoms with van der Waals surface area (Å²) < 4.78 is 6.29. The van der Waals surface area contributed by atoms with Crippen LogP contribution in [0.5, 0.6) is 0 Å². The maximum atomic E-state index is 13.9. The number of nitro groups is 1. The number of ether oxygens (including phenoxy) is 1. The molecule has 12 nitrogen and oxygen atoms in total. The van der Waals surface area contributed by atoms with Crippen molar-refractivity contribution in [2.75, 3.05) is 16.8 Å². The van der Waals surface area contributed by atoms with Crippen LogP contribution >= 0.6 is 23.1 Å². The number of benzene rings is 3. The van der Waals surface area contributed by atoms with E-state index in [1.807, 2.05) is 30.3 Å². The highest BCUT2D eigenvalue weighted by Crippen LogP contribution is 2.53. The molecule has 228 valence electrons. The average molecular weight is 645 g/mol. The number of nitro benzene ring substituents is 1. The normalized spacial score (nSPS) is 18.7. The predicted molar refractivity (Wildman–Crippen MR) is 167 cm³/mol. The Hall–Kier alpha value is -5.08. The minimum absolute atomic E-state index is 0.175. The van der Waals surface area contributed by atoms with Gasteiger partial charge in [0, 0.05) is 28.6 Å². The van der Waals surface area contributed by atoms with E-state index >= 15 is 0 Å². The number of nitrogens with zero attached hydrogens (tertiary/aromatic N) is 3. The number of aromatic nitrogens is 1. The summed E-state index contributed by atoms with van der Waals surface area (Å²) in [5, 5.41) is 13.4. The van der Waals surface area contributed by atoms with E-state index in [1.165, 1.54) is 41.0 Å². The molecule has 2 aliphatic heterocycles. The van der Waals surface area contributed by atoms with Crippen molar-refractivity contribution in [2.45, 2.75) is 29.7 Å². The van der Waals surface area contributed by atoms with E-state index < -0.39 is 50.6 Å². The molecule has 3 heterocycles. The molecule has 0 spiro atoms. The van der Waals surface area contributed by atoms with Gasteiger partial charge >= 0.3 is 10.8 Å². The number of fused-ring (bicyclic) bond motifs is 2. The number of carbonyl (C=O) groups excluding carboxylic acids is 4. The molecule has 14 heteroatoms. The van der Waals surface area contributed by atoms with Crippen molar-refractivity contribution in [3.8, 4) is 0 Å². The molecule has 0 saturated carbocycles. The lowest BCUT2D eigenvalue weighted by Gasteiger charge is -2.30. The van der Waals surface area contributed by atoms with Crippen molar-refractivity contribution >= 4 is 63.9 Å². The summed E-state index contributed by atoms with van der Waals surface area (Å²) in [5.74, 6) is -3.44. The number of rotatable bonds is 8. The first-order valence-electron chi connectivity index (χ1n) is 13.8. The Morgan fingerprint density at radius 3 is 2.29 bits per heavy atom. The van der Waals surface area contributed by atoms with Crippen molar-refractivity contribution < 1.29 is 28.8 Å². The highest BCUT2D eigenvalue weighted by atomic mass is 32.2. The predicted octanol–water partition coefficient (Wildman–Crippen LogP) is 4.43. The van der Waals surface area contributed by atoms with Gasteiger partial charge in [-0.05, 0) is 48.9 Å². The summed E-state index contributed by atoms with van der Waals surface area (Å²) in [7, 11) is 0. The third-order valence-corrected chi connectivity index (χ3v) is 10.1. The lowest BCUT2D eigenvalue weighted by molar-refractivity contribution is -0.384. The van der Waals surface area contributed by atoms with Gasteiger partial charge in [-0.1, -0.05) is 53.4 Å². The molecule has 1 aromatic heterocycles. The minimum atomic E-state index is -0.899. The van der Waals surface area contributed by atoms with E-state index in [9.17, 15) is 34.1 Å². The maximum absolute atomic E-state index is 13.9. The second-order valence-electron chi connectivity index (χ2n) is 10.2. The van der Waals surface area contributed by atoms with Gasteiger partial charge in [-0.3, -0.25) is 33.9 Å². The minimum Gasteiger partial charge on any atom is -0.462 e. The monoisotopic (exact) mass is 644 g/mol. The van der Waals surface area contributed by atoms with Crippen LogP contribution in [0.3, 0.4) is 0 Å². The van der Waals surface area contributed by atoms with Crippen LogP contribution in [-0.2, 0) is 25.7 Å². The summed E-state index contributed by atoms with van der Waals surface area (Å²) >= 11 is 2.00. The smallest absolute Gasteiger partial charge is 0.338 e. The number of thiazole rings is 1. The van der Waals surface area contributed by atoms with Gasteiger partial charge in [-0.2, -0.15) is 0 Å². The highest BCUT2D eigenvalue weighted by molar-refractivity contribution is 8.00. The zero-order chi connectivity index (χ0) is 31.8. The van der Waals surface area contributed by atoms with Gasteiger partial charge in [0.25, 0.3) is 5.69 Å². The van der Waals surface area contributed by atoms with Crippen LogP contribution in [0.4, 0.5) is 17.1 Å². The Morgan fingerprint density at radius 2 is 1.64 bits per heavy atom. The topological polar surface area (TPSA) is 158 Å². The van der Waals surface area contributed by atoms with E-state index in [-0.39, 0.29) is 24.5 Å². The second kappa shape index (κ2) is 12.1. The first-order chi connectivity index (χ1) is 21.7. The van der Waals surface area contributed by atoms with Crippen molar-refractivity contribution in [3.05, 3.63) is 115 Å². The molecular weight excluding hydrogens is 620 g/mol. The van der Waals surface area contributed by atoms with Crippen LogP contribution in [0, 0.1) is 16.0 Å². The molecule has 1 saturated heterocycles.